The molecule has 10 heteroatoms. The molecule has 1 aliphatic heterocycles. The molecule has 1 saturated heterocycles. The summed E-state index contributed by atoms with van der Waals surface area (Å²) in [5, 5.41) is 0. The average molecular weight is 889 g/mol. The maximum Gasteiger partial charge on any atom is 0.105 e. The van der Waals surface area contributed by atoms with E-state index in [9.17, 15) is 0 Å². The van der Waals surface area contributed by atoms with Crippen molar-refractivity contribution in [1.29, 1.82) is 0 Å². The van der Waals surface area contributed by atoms with Crippen LogP contribution in [0.15, 0.2) is 0 Å². The van der Waals surface area contributed by atoms with Gasteiger partial charge in [0.25, 0.3) is 0 Å². The maximum atomic E-state index is 6.70. The summed E-state index contributed by atoms with van der Waals surface area (Å²) in [6.45, 7) is 43.8. The summed E-state index contributed by atoms with van der Waals surface area (Å²) >= 11 is 0. The highest BCUT2D eigenvalue weighted by Gasteiger charge is 2.26. The van der Waals surface area contributed by atoms with Gasteiger partial charge in [-0.1, -0.05) is 124 Å². The van der Waals surface area contributed by atoms with Gasteiger partial charge in [-0.15, -0.1) is 0 Å². The molecule has 0 aromatic heterocycles. The zero-order chi connectivity index (χ0) is 46.5. The average Bonchev–Trinajstić information content (AvgIpc) is 3.19. The number of ether oxygens (including phenoxy) is 10. The Labute approximate surface area is 383 Å². The van der Waals surface area contributed by atoms with E-state index < -0.39 is 0 Å². The summed E-state index contributed by atoms with van der Waals surface area (Å²) in [7, 11) is 0. The van der Waals surface area contributed by atoms with Gasteiger partial charge in [0, 0.05) is 12.5 Å². The van der Waals surface area contributed by atoms with Crippen LogP contribution < -0.4 is 0 Å². The van der Waals surface area contributed by atoms with Crippen molar-refractivity contribution in [3.8, 4) is 0 Å². The van der Waals surface area contributed by atoms with Gasteiger partial charge in [0.05, 0.1) is 104 Å². The Kier molecular flexibility index (Phi) is 34.4. The molecule has 0 aliphatic carbocycles. The molecule has 62 heavy (non-hydrogen) atoms. The minimum absolute atomic E-state index is 0.0506. The van der Waals surface area contributed by atoms with Crippen molar-refractivity contribution in [3.05, 3.63) is 0 Å². The third-order valence-electron chi connectivity index (χ3n) is 12.3. The highest BCUT2D eigenvalue weighted by molar-refractivity contribution is 4.72. The van der Waals surface area contributed by atoms with Crippen LogP contribution in [0.5, 0.6) is 0 Å². The molecule has 1 heterocycles. The van der Waals surface area contributed by atoms with E-state index in [1.807, 2.05) is 0 Å². The van der Waals surface area contributed by atoms with Gasteiger partial charge >= 0.3 is 0 Å². The molecule has 0 amide bonds. The quantitative estimate of drug-likeness (QED) is 0.0592. The van der Waals surface area contributed by atoms with Crippen LogP contribution in [0.4, 0.5) is 0 Å². The zero-order valence-electron chi connectivity index (χ0n) is 43.5. The van der Waals surface area contributed by atoms with Gasteiger partial charge < -0.3 is 47.4 Å². The molecule has 10 nitrogen and oxygen atoms in total. The highest BCUT2D eigenvalue weighted by Crippen LogP contribution is 2.22. The Balaban J connectivity index is 2.98. The number of hydrogen-bond donors (Lipinski definition) is 0. The molecule has 1 rings (SSSR count). The third kappa shape index (κ3) is 29.3. The fraction of sp³-hybridized carbons (Fsp3) is 1.00. The second-order valence-electron chi connectivity index (χ2n) is 21.1. The second kappa shape index (κ2) is 35.7. The summed E-state index contributed by atoms with van der Waals surface area (Å²) in [6.07, 6.45) is 5.60. The first-order valence-corrected chi connectivity index (χ1v) is 25.5. The molecule has 0 saturated carbocycles. The highest BCUT2D eigenvalue weighted by atomic mass is 16.6. The smallest absolute Gasteiger partial charge is 0.105 e. The first kappa shape index (κ1) is 59.6. The van der Waals surface area contributed by atoms with E-state index in [4.69, 9.17) is 47.4 Å². The van der Waals surface area contributed by atoms with Crippen LogP contribution in [0, 0.1) is 59.2 Å². The predicted molar refractivity (Wildman–Crippen MR) is 255 cm³/mol. The van der Waals surface area contributed by atoms with Crippen molar-refractivity contribution in [1.82, 2.24) is 0 Å². The lowest BCUT2D eigenvalue weighted by Gasteiger charge is -2.31. The van der Waals surface area contributed by atoms with Crippen LogP contribution >= 0.6 is 0 Å². The lowest BCUT2D eigenvalue weighted by Crippen LogP contribution is -2.40. The fourth-order valence-electron chi connectivity index (χ4n) is 8.01. The Bertz CT molecular complexity index is 1010. The van der Waals surface area contributed by atoms with E-state index in [0.717, 1.165) is 45.3 Å². The molecular formula is C52H104O10. The van der Waals surface area contributed by atoms with Gasteiger partial charge in [-0.3, -0.25) is 0 Å². The molecular weight excluding hydrogens is 785 g/mol. The lowest BCUT2D eigenvalue weighted by atomic mass is 9.88. The van der Waals surface area contributed by atoms with E-state index in [1.54, 1.807) is 0 Å². The summed E-state index contributed by atoms with van der Waals surface area (Å²) in [6, 6.07) is 0. The molecule has 1 aliphatic rings. The van der Waals surface area contributed by atoms with Gasteiger partial charge in [0.15, 0.2) is 0 Å². The summed E-state index contributed by atoms with van der Waals surface area (Å²) < 4.78 is 63.6. The van der Waals surface area contributed by atoms with Crippen molar-refractivity contribution >= 4 is 0 Å². The first-order chi connectivity index (χ1) is 29.5. The van der Waals surface area contributed by atoms with Gasteiger partial charge in [-0.25, -0.2) is 0 Å². The molecule has 0 aromatic rings. The Morgan fingerprint density at radius 3 is 1.39 bits per heavy atom. The Morgan fingerprint density at radius 1 is 0.419 bits per heavy atom. The molecule has 372 valence electrons. The van der Waals surface area contributed by atoms with Crippen LogP contribution in [-0.4, -0.2) is 129 Å². The molecule has 0 aromatic carbocycles. The Morgan fingerprint density at radius 2 is 0.887 bits per heavy atom. The van der Waals surface area contributed by atoms with Gasteiger partial charge in [-0.2, -0.15) is 0 Å². The van der Waals surface area contributed by atoms with Crippen LogP contribution in [0.2, 0.25) is 0 Å². The van der Waals surface area contributed by atoms with E-state index in [0.29, 0.717) is 133 Å². The van der Waals surface area contributed by atoms with Crippen LogP contribution in [0.25, 0.3) is 0 Å². The van der Waals surface area contributed by atoms with Crippen LogP contribution in [-0.2, 0) is 47.4 Å². The van der Waals surface area contributed by atoms with Crippen LogP contribution in [0.1, 0.15) is 149 Å². The minimum atomic E-state index is -0.283. The molecule has 9 unspecified atom stereocenters. The van der Waals surface area contributed by atoms with Crippen molar-refractivity contribution in [2.45, 2.75) is 186 Å². The number of hydrogen-bond acceptors (Lipinski definition) is 10. The standard InChI is InChI=1S/C52H104O10/c1-17-44(40(10)11)26-59-48(21-38(6)7)29-56-31-50(60-27-45(18-2)41(12)13)32-58-34-51(33-54-24-43(16)23-53-25-46(42(14)15)20-37(4)5)61-47(19-3)28-55-35-52-36-57-30-49(62-52)22-39(8)9/h37-52H,17-36H2,1-16H3/t43-,44?,45?,46?,47?,48?,49?,50?,51?,52?/m1/s1. The summed E-state index contributed by atoms with van der Waals surface area (Å²) in [5.41, 5.74) is 0. The summed E-state index contributed by atoms with van der Waals surface area (Å²) in [4.78, 5) is 0. The fourth-order valence-corrected chi connectivity index (χ4v) is 8.01. The normalized spacial score (nSPS) is 20.4. The molecule has 1 fully saturated rings. The van der Waals surface area contributed by atoms with Crippen LogP contribution in [0.3, 0.4) is 0 Å². The topological polar surface area (TPSA) is 92.3 Å². The SMILES string of the molecule is CCC(COCC1COCC(CC(C)C)O1)OC(COCC(COCC(CC(C)C)OCC(CC)C(C)C)OCC(CC)C(C)C)COC[C@H](C)COCC(CC(C)C)C(C)C. The van der Waals surface area contributed by atoms with E-state index in [2.05, 4.69) is 111 Å². The van der Waals surface area contributed by atoms with Gasteiger partial charge in [-0.05, 0) is 78.9 Å². The molecule has 0 radical (unpaired) electrons. The van der Waals surface area contributed by atoms with Crippen molar-refractivity contribution in [3.63, 3.8) is 0 Å². The molecule has 0 N–H and O–H groups in total. The molecule has 0 bridgehead atoms. The van der Waals surface area contributed by atoms with Gasteiger partial charge in [0.2, 0.25) is 0 Å². The van der Waals surface area contributed by atoms with E-state index in [-0.39, 0.29) is 42.5 Å². The lowest BCUT2D eigenvalue weighted by molar-refractivity contribution is -0.170. The first-order valence-electron chi connectivity index (χ1n) is 25.5. The third-order valence-corrected chi connectivity index (χ3v) is 12.3. The monoisotopic (exact) mass is 889 g/mol. The largest absolute Gasteiger partial charge is 0.381 e. The summed E-state index contributed by atoms with van der Waals surface area (Å²) in [5.74, 6) is 5.31. The molecule has 10 atom stereocenters. The van der Waals surface area contributed by atoms with Crippen molar-refractivity contribution < 1.29 is 47.4 Å². The van der Waals surface area contributed by atoms with Crippen molar-refractivity contribution in [2.24, 2.45) is 59.2 Å². The number of rotatable bonds is 40. The molecule has 0 spiro atoms. The Hall–Kier alpha value is -0.400. The maximum absolute atomic E-state index is 6.70. The van der Waals surface area contributed by atoms with Gasteiger partial charge in [0.1, 0.15) is 18.3 Å². The van der Waals surface area contributed by atoms with Crippen molar-refractivity contribution in [2.75, 3.05) is 92.5 Å². The van der Waals surface area contributed by atoms with E-state index >= 15 is 0 Å². The second-order valence-corrected chi connectivity index (χ2v) is 21.1. The predicted octanol–water partition coefficient (Wildman–Crippen LogP) is 11.2. The zero-order valence-corrected chi connectivity index (χ0v) is 43.5. The minimum Gasteiger partial charge on any atom is -0.381 e. The van der Waals surface area contributed by atoms with E-state index in [1.165, 1.54) is 6.42 Å².